The molecule has 19 heavy (non-hydrogen) atoms. The van der Waals surface area contributed by atoms with Gasteiger partial charge < -0.3 is 10.0 Å². The summed E-state index contributed by atoms with van der Waals surface area (Å²) in [5, 5.41) is 8.68. The number of carbonyl (C=O) groups is 1. The van der Waals surface area contributed by atoms with Crippen molar-refractivity contribution in [2.75, 3.05) is 20.2 Å². The molecule has 0 aliphatic heterocycles. The molecule has 0 unspecified atom stereocenters. The average Bonchev–Trinajstić information content (AvgIpc) is 2.41. The molecule has 0 aliphatic carbocycles. The molecule has 1 amide bonds. The number of aliphatic hydroxyl groups excluding tert-OH is 1. The molecular weight excluding hydrogens is 238 g/mol. The summed E-state index contributed by atoms with van der Waals surface area (Å²) in [6.45, 7) is 2.99. The van der Waals surface area contributed by atoms with Crippen LogP contribution in [-0.2, 0) is 4.79 Å². The molecule has 0 bridgehead atoms. The number of amides is 1. The van der Waals surface area contributed by atoms with E-state index in [9.17, 15) is 4.79 Å². The van der Waals surface area contributed by atoms with Crippen molar-refractivity contribution in [2.24, 2.45) is 0 Å². The number of aliphatic hydroxyl groups is 1. The quantitative estimate of drug-likeness (QED) is 0.605. The molecule has 1 N–H and O–H groups in total. The Hall–Kier alpha value is -1.61. The smallest absolute Gasteiger partial charge is 0.246 e. The maximum atomic E-state index is 11.9. The Morgan fingerprint density at radius 3 is 2.79 bits per heavy atom. The summed E-state index contributed by atoms with van der Waals surface area (Å²) in [4.78, 5) is 13.6. The number of nitrogens with zero attached hydrogens (tertiary/aromatic N) is 1. The highest BCUT2D eigenvalue weighted by atomic mass is 16.2. The summed E-state index contributed by atoms with van der Waals surface area (Å²) in [5.41, 5.74) is 2.23. The molecule has 0 atom stereocenters. The van der Waals surface area contributed by atoms with Gasteiger partial charge in [-0.2, -0.15) is 0 Å². The zero-order valence-corrected chi connectivity index (χ0v) is 11.8. The lowest BCUT2D eigenvalue weighted by molar-refractivity contribution is -0.124. The molecule has 0 radical (unpaired) electrons. The number of hydrogen-bond donors (Lipinski definition) is 1. The third-order valence-electron chi connectivity index (χ3n) is 2.99. The highest BCUT2D eigenvalue weighted by Crippen LogP contribution is 2.06. The summed E-state index contributed by atoms with van der Waals surface area (Å²) in [6.07, 6.45) is 6.15. The average molecular weight is 261 g/mol. The fourth-order valence-electron chi connectivity index (χ4n) is 1.82. The van der Waals surface area contributed by atoms with Crippen LogP contribution in [-0.4, -0.2) is 36.1 Å². The summed E-state index contributed by atoms with van der Waals surface area (Å²) < 4.78 is 0. The van der Waals surface area contributed by atoms with Crippen LogP contribution in [0.1, 0.15) is 30.4 Å². The van der Waals surface area contributed by atoms with Gasteiger partial charge in [-0.15, -0.1) is 0 Å². The second-order valence-electron chi connectivity index (χ2n) is 4.79. The van der Waals surface area contributed by atoms with Crippen molar-refractivity contribution in [2.45, 2.75) is 26.2 Å². The van der Waals surface area contributed by atoms with Crippen LogP contribution in [0.2, 0.25) is 0 Å². The minimum Gasteiger partial charge on any atom is -0.396 e. The number of carbonyl (C=O) groups excluding carboxylic acids is 1. The number of benzene rings is 1. The van der Waals surface area contributed by atoms with Gasteiger partial charge in [-0.1, -0.05) is 29.8 Å². The van der Waals surface area contributed by atoms with Crippen LogP contribution in [0.3, 0.4) is 0 Å². The molecule has 1 rings (SSSR count). The number of hydrogen-bond acceptors (Lipinski definition) is 2. The third kappa shape index (κ3) is 6.20. The number of unbranched alkanes of at least 4 members (excludes halogenated alkanes) is 2. The molecule has 0 aliphatic rings. The minimum absolute atomic E-state index is 0.0190. The van der Waals surface area contributed by atoms with Crippen molar-refractivity contribution in [3.63, 3.8) is 0 Å². The summed E-state index contributed by atoms with van der Waals surface area (Å²) >= 11 is 0. The molecule has 0 aromatic heterocycles. The molecule has 104 valence electrons. The molecular formula is C16H23NO2. The van der Waals surface area contributed by atoms with Crippen LogP contribution in [0.4, 0.5) is 0 Å². The van der Waals surface area contributed by atoms with E-state index in [0.29, 0.717) is 0 Å². The SMILES string of the molecule is Cc1cccc(/C=C/C(=O)N(C)CCCCCO)c1. The predicted molar refractivity (Wildman–Crippen MR) is 78.8 cm³/mol. The predicted octanol–water partition coefficient (Wildman–Crippen LogP) is 2.63. The lowest BCUT2D eigenvalue weighted by Gasteiger charge is -2.14. The van der Waals surface area contributed by atoms with E-state index in [0.717, 1.165) is 31.4 Å². The maximum absolute atomic E-state index is 11.9. The summed E-state index contributed by atoms with van der Waals surface area (Å²) in [6, 6.07) is 8.05. The van der Waals surface area contributed by atoms with Gasteiger partial charge in [0.15, 0.2) is 0 Å². The van der Waals surface area contributed by atoms with E-state index < -0.39 is 0 Å². The Morgan fingerprint density at radius 1 is 1.32 bits per heavy atom. The monoisotopic (exact) mass is 261 g/mol. The molecule has 1 aromatic rings. The number of likely N-dealkylation sites (N-methyl/N-ethyl adjacent to an activating group) is 1. The Labute approximate surface area is 115 Å². The third-order valence-corrected chi connectivity index (χ3v) is 2.99. The van der Waals surface area contributed by atoms with E-state index >= 15 is 0 Å². The first-order valence-electron chi connectivity index (χ1n) is 6.74. The number of aryl methyl sites for hydroxylation is 1. The topological polar surface area (TPSA) is 40.5 Å². The van der Waals surface area contributed by atoms with Crippen molar-refractivity contribution >= 4 is 12.0 Å². The fourth-order valence-corrected chi connectivity index (χ4v) is 1.82. The Balaban J connectivity index is 2.41. The molecule has 0 saturated heterocycles. The van der Waals surface area contributed by atoms with E-state index in [2.05, 4.69) is 0 Å². The van der Waals surface area contributed by atoms with Gasteiger partial charge in [0.1, 0.15) is 0 Å². The van der Waals surface area contributed by atoms with Crippen molar-refractivity contribution in [3.8, 4) is 0 Å². The second kappa shape index (κ2) is 8.48. The Kier molecular flexibility index (Phi) is 6.90. The van der Waals surface area contributed by atoms with Gasteiger partial charge in [-0.3, -0.25) is 4.79 Å². The van der Waals surface area contributed by atoms with E-state index in [1.54, 1.807) is 11.0 Å². The molecule has 0 saturated carbocycles. The molecule has 0 fully saturated rings. The van der Waals surface area contributed by atoms with Crippen molar-refractivity contribution in [3.05, 3.63) is 41.5 Å². The molecule has 1 aromatic carbocycles. The first kappa shape index (κ1) is 15.4. The summed E-state index contributed by atoms with van der Waals surface area (Å²) in [5.74, 6) is 0.0190. The van der Waals surface area contributed by atoms with Crippen LogP contribution in [0.5, 0.6) is 0 Å². The van der Waals surface area contributed by atoms with Crippen LogP contribution in [0, 0.1) is 6.92 Å². The lowest BCUT2D eigenvalue weighted by Crippen LogP contribution is -2.25. The standard InChI is InChI=1S/C16H23NO2/c1-14-7-6-8-15(13-14)9-10-16(19)17(2)11-4-3-5-12-18/h6-10,13,18H,3-5,11-12H2,1-2H3/b10-9+. The van der Waals surface area contributed by atoms with Gasteiger partial charge in [0.2, 0.25) is 5.91 Å². The van der Waals surface area contributed by atoms with Crippen LogP contribution >= 0.6 is 0 Å². The highest BCUT2D eigenvalue weighted by Gasteiger charge is 2.03. The van der Waals surface area contributed by atoms with Gasteiger partial charge in [0, 0.05) is 26.3 Å². The van der Waals surface area contributed by atoms with Crippen molar-refractivity contribution < 1.29 is 9.90 Å². The van der Waals surface area contributed by atoms with Gasteiger partial charge in [0.05, 0.1) is 0 Å². The highest BCUT2D eigenvalue weighted by molar-refractivity contribution is 5.91. The Morgan fingerprint density at radius 2 is 2.11 bits per heavy atom. The summed E-state index contributed by atoms with van der Waals surface area (Å²) in [7, 11) is 1.81. The Bertz CT molecular complexity index is 427. The first-order valence-corrected chi connectivity index (χ1v) is 6.74. The van der Waals surface area contributed by atoms with Crippen LogP contribution < -0.4 is 0 Å². The molecule has 0 heterocycles. The fraction of sp³-hybridized carbons (Fsp3) is 0.438. The van der Waals surface area contributed by atoms with Gasteiger partial charge in [0.25, 0.3) is 0 Å². The molecule has 0 spiro atoms. The van der Waals surface area contributed by atoms with Crippen LogP contribution in [0.15, 0.2) is 30.3 Å². The van der Waals surface area contributed by atoms with Gasteiger partial charge >= 0.3 is 0 Å². The normalized spacial score (nSPS) is 10.9. The lowest BCUT2D eigenvalue weighted by atomic mass is 10.1. The zero-order valence-electron chi connectivity index (χ0n) is 11.8. The van der Waals surface area contributed by atoms with E-state index in [1.165, 1.54) is 5.56 Å². The van der Waals surface area contributed by atoms with Crippen LogP contribution in [0.25, 0.3) is 6.08 Å². The largest absolute Gasteiger partial charge is 0.396 e. The minimum atomic E-state index is 0.0190. The van der Waals surface area contributed by atoms with E-state index in [1.807, 2.05) is 44.3 Å². The van der Waals surface area contributed by atoms with Gasteiger partial charge in [-0.25, -0.2) is 0 Å². The second-order valence-corrected chi connectivity index (χ2v) is 4.79. The zero-order chi connectivity index (χ0) is 14.1. The first-order chi connectivity index (χ1) is 9.13. The van der Waals surface area contributed by atoms with E-state index in [-0.39, 0.29) is 12.5 Å². The van der Waals surface area contributed by atoms with Crippen molar-refractivity contribution in [1.82, 2.24) is 4.90 Å². The van der Waals surface area contributed by atoms with E-state index in [4.69, 9.17) is 5.11 Å². The number of rotatable bonds is 7. The maximum Gasteiger partial charge on any atom is 0.246 e. The van der Waals surface area contributed by atoms with Gasteiger partial charge in [-0.05, 0) is 37.8 Å². The molecule has 3 nitrogen and oxygen atoms in total. The molecule has 3 heteroatoms. The van der Waals surface area contributed by atoms with Crippen molar-refractivity contribution in [1.29, 1.82) is 0 Å².